The summed E-state index contributed by atoms with van der Waals surface area (Å²) in [5.74, 6) is 0.924. The van der Waals surface area contributed by atoms with Crippen LogP contribution in [-0.2, 0) is 16.0 Å². The summed E-state index contributed by atoms with van der Waals surface area (Å²) in [6.07, 6.45) is 0.811. The first-order valence-electron chi connectivity index (χ1n) is 8.09. The third-order valence-corrected chi connectivity index (χ3v) is 3.12. The summed E-state index contributed by atoms with van der Waals surface area (Å²) >= 11 is 0. The van der Waals surface area contributed by atoms with Crippen LogP contribution in [0.25, 0.3) is 0 Å². The van der Waals surface area contributed by atoms with Crippen molar-refractivity contribution in [3.05, 3.63) is 29.8 Å². The zero-order valence-electron chi connectivity index (χ0n) is 14.7. The molecule has 134 valence electrons. The second-order valence-electron chi connectivity index (χ2n) is 5.41. The number of aliphatic imine (C=N–C) groups is 1. The molecule has 0 saturated carbocycles. The van der Waals surface area contributed by atoms with E-state index in [1.165, 1.54) is 0 Å². The molecule has 0 aliphatic heterocycles. The lowest BCUT2D eigenvalue weighted by molar-refractivity contribution is -0.119. The third kappa shape index (κ3) is 8.38. The van der Waals surface area contributed by atoms with Crippen LogP contribution < -0.4 is 21.1 Å². The largest absolute Gasteiger partial charge is 0.484 e. The van der Waals surface area contributed by atoms with Gasteiger partial charge in [0, 0.05) is 26.2 Å². The Balaban J connectivity index is 2.48. The van der Waals surface area contributed by atoms with E-state index in [0.29, 0.717) is 18.9 Å². The molecule has 0 saturated heterocycles. The van der Waals surface area contributed by atoms with Crippen molar-refractivity contribution in [2.24, 2.45) is 10.7 Å². The molecular weight excluding hydrogens is 308 g/mol. The van der Waals surface area contributed by atoms with Gasteiger partial charge >= 0.3 is 0 Å². The molecular formula is C17H28N4O3. The monoisotopic (exact) mass is 336 g/mol. The second-order valence-corrected chi connectivity index (χ2v) is 5.41. The molecule has 0 bridgehead atoms. The molecule has 0 aromatic heterocycles. The van der Waals surface area contributed by atoms with Crippen molar-refractivity contribution in [1.82, 2.24) is 10.6 Å². The van der Waals surface area contributed by atoms with Crippen LogP contribution in [-0.4, -0.2) is 51.3 Å². The van der Waals surface area contributed by atoms with Crippen molar-refractivity contribution in [2.75, 3.05) is 33.4 Å². The highest BCUT2D eigenvalue weighted by Gasteiger charge is 2.04. The van der Waals surface area contributed by atoms with Crippen LogP contribution >= 0.6 is 0 Å². The molecule has 0 spiro atoms. The van der Waals surface area contributed by atoms with Crippen LogP contribution in [0, 0.1) is 0 Å². The van der Waals surface area contributed by atoms with Gasteiger partial charge in [0.05, 0.1) is 6.61 Å². The zero-order chi connectivity index (χ0) is 17.8. The Bertz CT molecular complexity index is 517. The highest BCUT2D eigenvalue weighted by molar-refractivity contribution is 5.80. The van der Waals surface area contributed by atoms with Crippen LogP contribution in [0.2, 0.25) is 0 Å². The number of guanidine groups is 1. The first-order chi connectivity index (χ1) is 11.5. The van der Waals surface area contributed by atoms with Gasteiger partial charge in [0.2, 0.25) is 0 Å². The normalized spacial score (nSPS) is 12.5. The fourth-order valence-electron chi connectivity index (χ4n) is 2.05. The first-order valence-corrected chi connectivity index (χ1v) is 8.09. The first kappa shape index (κ1) is 19.8. The van der Waals surface area contributed by atoms with E-state index >= 15 is 0 Å². The lowest BCUT2D eigenvalue weighted by Gasteiger charge is -2.17. The van der Waals surface area contributed by atoms with Gasteiger partial charge in [-0.1, -0.05) is 12.1 Å². The highest BCUT2D eigenvalue weighted by atomic mass is 16.5. The van der Waals surface area contributed by atoms with Gasteiger partial charge in [-0.3, -0.25) is 9.79 Å². The summed E-state index contributed by atoms with van der Waals surface area (Å²) in [7, 11) is 1.68. The number of ether oxygens (including phenoxy) is 2. The van der Waals surface area contributed by atoms with Crippen molar-refractivity contribution in [1.29, 1.82) is 0 Å². The van der Waals surface area contributed by atoms with E-state index in [1.807, 2.05) is 38.1 Å². The van der Waals surface area contributed by atoms with Crippen LogP contribution in [0.3, 0.4) is 0 Å². The van der Waals surface area contributed by atoms with Crippen molar-refractivity contribution in [3.63, 3.8) is 0 Å². The number of hydrogen-bond acceptors (Lipinski definition) is 4. The molecule has 4 N–H and O–H groups in total. The molecule has 1 amide bonds. The SMILES string of the molecule is CCNC(=NCCc1ccc(OCC(N)=O)cc1)NC(C)COC. The molecule has 1 unspecified atom stereocenters. The number of carbonyl (C=O) groups excluding carboxylic acids is 1. The number of carbonyl (C=O) groups is 1. The van der Waals surface area contributed by atoms with Gasteiger partial charge in [-0.25, -0.2) is 0 Å². The zero-order valence-corrected chi connectivity index (χ0v) is 14.7. The summed E-state index contributed by atoms with van der Waals surface area (Å²) in [5, 5.41) is 6.51. The van der Waals surface area contributed by atoms with Gasteiger partial charge in [-0.2, -0.15) is 0 Å². The van der Waals surface area contributed by atoms with Gasteiger partial charge in [0.15, 0.2) is 12.6 Å². The number of hydrogen-bond donors (Lipinski definition) is 3. The molecule has 7 nitrogen and oxygen atoms in total. The fraction of sp³-hybridized carbons (Fsp3) is 0.529. The Morgan fingerprint density at radius 1 is 1.33 bits per heavy atom. The van der Waals surface area contributed by atoms with Gasteiger partial charge in [-0.05, 0) is 38.0 Å². The highest BCUT2D eigenvalue weighted by Crippen LogP contribution is 2.12. The van der Waals surface area contributed by atoms with E-state index in [-0.39, 0.29) is 12.6 Å². The standard InChI is InChI=1S/C17H28N4O3/c1-4-19-17(21-13(2)11-23-3)20-10-9-14-5-7-15(8-6-14)24-12-16(18)22/h5-8,13H,4,9-12H2,1-3H3,(H2,18,22)(H2,19,20,21). The van der Waals surface area contributed by atoms with Crippen molar-refractivity contribution in [3.8, 4) is 5.75 Å². The van der Waals surface area contributed by atoms with Crippen molar-refractivity contribution in [2.45, 2.75) is 26.3 Å². The van der Waals surface area contributed by atoms with Crippen molar-refractivity contribution >= 4 is 11.9 Å². The number of methoxy groups -OCH3 is 1. The second kappa shape index (κ2) is 11.3. The number of primary amides is 1. The fourth-order valence-corrected chi connectivity index (χ4v) is 2.05. The van der Waals surface area contributed by atoms with Crippen LogP contribution in [0.4, 0.5) is 0 Å². The van der Waals surface area contributed by atoms with Crippen LogP contribution in [0.5, 0.6) is 5.75 Å². The molecule has 1 atom stereocenters. The van der Waals surface area contributed by atoms with Crippen molar-refractivity contribution < 1.29 is 14.3 Å². The molecule has 0 aliphatic carbocycles. The molecule has 7 heteroatoms. The Morgan fingerprint density at radius 3 is 2.62 bits per heavy atom. The van der Waals surface area contributed by atoms with Gasteiger partial charge in [0.25, 0.3) is 5.91 Å². The third-order valence-electron chi connectivity index (χ3n) is 3.12. The van der Waals surface area contributed by atoms with Gasteiger partial charge < -0.3 is 25.8 Å². The number of nitrogens with zero attached hydrogens (tertiary/aromatic N) is 1. The lowest BCUT2D eigenvalue weighted by Crippen LogP contribution is -2.44. The quantitative estimate of drug-likeness (QED) is 0.431. The summed E-state index contributed by atoms with van der Waals surface area (Å²) < 4.78 is 10.3. The molecule has 0 heterocycles. The van der Waals surface area contributed by atoms with E-state index < -0.39 is 5.91 Å². The molecule has 0 fully saturated rings. The molecule has 24 heavy (non-hydrogen) atoms. The summed E-state index contributed by atoms with van der Waals surface area (Å²) in [5.41, 5.74) is 6.19. The van der Waals surface area contributed by atoms with Crippen LogP contribution in [0.15, 0.2) is 29.3 Å². The maximum Gasteiger partial charge on any atom is 0.255 e. The molecule has 1 rings (SSSR count). The molecule has 1 aromatic carbocycles. The Labute approximate surface area is 143 Å². The lowest BCUT2D eigenvalue weighted by atomic mass is 10.1. The smallest absolute Gasteiger partial charge is 0.255 e. The van der Waals surface area contributed by atoms with E-state index in [0.717, 1.165) is 24.5 Å². The predicted octanol–water partition coefficient (Wildman–Crippen LogP) is 0.683. The van der Waals surface area contributed by atoms with E-state index in [1.54, 1.807) is 7.11 Å². The number of rotatable bonds is 10. The average Bonchev–Trinajstić information content (AvgIpc) is 2.54. The van der Waals surface area contributed by atoms with E-state index in [2.05, 4.69) is 15.6 Å². The number of benzene rings is 1. The predicted molar refractivity (Wildman–Crippen MR) is 95.3 cm³/mol. The minimum Gasteiger partial charge on any atom is -0.484 e. The van der Waals surface area contributed by atoms with E-state index in [4.69, 9.17) is 15.2 Å². The topological polar surface area (TPSA) is 98.0 Å². The summed E-state index contributed by atoms with van der Waals surface area (Å²) in [4.78, 5) is 15.2. The van der Waals surface area contributed by atoms with E-state index in [9.17, 15) is 4.79 Å². The molecule has 0 radical (unpaired) electrons. The minimum atomic E-state index is -0.487. The Morgan fingerprint density at radius 2 is 2.04 bits per heavy atom. The average molecular weight is 336 g/mol. The number of nitrogens with one attached hydrogen (secondary N) is 2. The van der Waals surface area contributed by atoms with Gasteiger partial charge in [0.1, 0.15) is 5.75 Å². The molecule has 0 aliphatic rings. The maximum absolute atomic E-state index is 10.7. The maximum atomic E-state index is 10.7. The number of nitrogens with two attached hydrogens (primary N) is 1. The van der Waals surface area contributed by atoms with Crippen LogP contribution in [0.1, 0.15) is 19.4 Å². The molecule has 1 aromatic rings. The minimum absolute atomic E-state index is 0.110. The summed E-state index contributed by atoms with van der Waals surface area (Å²) in [6, 6.07) is 7.76. The van der Waals surface area contributed by atoms with Gasteiger partial charge in [-0.15, -0.1) is 0 Å². The Kier molecular flexibility index (Phi) is 9.29. The number of amides is 1. The summed E-state index contributed by atoms with van der Waals surface area (Å²) in [6.45, 7) is 6.05. The Hall–Kier alpha value is -2.28.